The molecule has 10 nitrogen and oxygen atoms in total. The summed E-state index contributed by atoms with van der Waals surface area (Å²) in [6.07, 6.45) is 0.352. The number of carbonyl (C=O) groups is 3. The topological polar surface area (TPSA) is 159 Å². The van der Waals surface area contributed by atoms with E-state index in [4.69, 9.17) is 20.9 Å². The highest BCUT2D eigenvalue weighted by molar-refractivity contribution is 6.32. The highest BCUT2D eigenvalue weighted by atomic mass is 16.6. The minimum atomic E-state index is -1.04. The summed E-state index contributed by atoms with van der Waals surface area (Å²) < 4.78 is 11.0. The molecule has 1 amide bonds. The third-order valence-electron chi connectivity index (χ3n) is 6.36. The molecule has 2 fully saturated rings. The van der Waals surface area contributed by atoms with E-state index in [0.717, 1.165) is 0 Å². The van der Waals surface area contributed by atoms with E-state index in [-0.39, 0.29) is 41.2 Å². The van der Waals surface area contributed by atoms with Gasteiger partial charge in [-0.3, -0.25) is 14.6 Å². The van der Waals surface area contributed by atoms with E-state index in [1.165, 1.54) is 13.3 Å². The zero-order chi connectivity index (χ0) is 21.9. The lowest BCUT2D eigenvalue weighted by Crippen LogP contribution is -2.55. The number of amides is 1. The number of piperazine rings is 1. The number of ether oxygens (including phenoxy) is 2. The predicted molar refractivity (Wildman–Crippen MR) is 109 cm³/mol. The van der Waals surface area contributed by atoms with Crippen LogP contribution in [0, 0.1) is 5.92 Å². The quantitative estimate of drug-likeness (QED) is 0.332. The summed E-state index contributed by atoms with van der Waals surface area (Å²) in [6.45, 7) is 0.273. The molecule has 1 aliphatic carbocycles. The highest BCUT2D eigenvalue weighted by Gasteiger charge is 2.72. The molecule has 5 rings (SSSR count). The molecule has 1 aromatic rings. The van der Waals surface area contributed by atoms with Gasteiger partial charge in [-0.2, -0.15) is 0 Å². The van der Waals surface area contributed by atoms with Crippen LogP contribution in [-0.4, -0.2) is 66.8 Å². The average molecular weight is 423 g/mol. The van der Waals surface area contributed by atoms with Crippen LogP contribution in [0.3, 0.4) is 0 Å². The second kappa shape index (κ2) is 6.76. The number of benzene rings is 1. The van der Waals surface area contributed by atoms with Crippen LogP contribution >= 0.6 is 0 Å². The van der Waals surface area contributed by atoms with Gasteiger partial charge >= 0.3 is 6.09 Å². The molecular weight excluding hydrogens is 402 g/mol. The van der Waals surface area contributed by atoms with E-state index >= 15 is 0 Å². The molecule has 5 N–H and O–H groups in total. The number of Topliss-reactive ketones (excluding diaryl/α,β-unsaturated/α-hetero) is 2. The Morgan fingerprint density at radius 2 is 2.06 bits per heavy atom. The first-order valence-corrected chi connectivity index (χ1v) is 9.83. The van der Waals surface area contributed by atoms with Crippen LogP contribution in [0.5, 0.6) is 0 Å². The molecule has 1 aromatic carbocycles. The molecule has 3 heterocycles. The molecule has 2 saturated heterocycles. The second-order valence-electron chi connectivity index (χ2n) is 7.84. The number of nitrogens with two attached hydrogens (primary N) is 2. The van der Waals surface area contributed by atoms with Crippen LogP contribution in [0.15, 0.2) is 57.9 Å². The van der Waals surface area contributed by atoms with Crippen molar-refractivity contribution >= 4 is 29.6 Å². The Morgan fingerprint density at radius 3 is 2.74 bits per heavy atom. The standard InChI is InChI=1S/C21H21N5O5/c1-30-21-12(9-31-20(23)29)14-16(26(21)8-13-19(21)25-13)17(27)11(15(22)18(14)28)7-24-10-5-3-2-4-6-10/h2-7,12-13,19,25H,8-9,22H2,1H3,(H2,23,29)/t12-,13+,19+,21-/m1/s1. The number of hydrogen-bond donors (Lipinski definition) is 3. The lowest BCUT2D eigenvalue weighted by molar-refractivity contribution is -0.137. The maximum absolute atomic E-state index is 13.5. The number of allylic oxidation sites excluding steroid dienone is 2. The van der Waals surface area contributed by atoms with Gasteiger partial charge in [0.05, 0.1) is 34.6 Å². The molecule has 160 valence electrons. The number of hydrogen-bond acceptors (Lipinski definition) is 9. The minimum absolute atomic E-state index is 0.0302. The molecule has 0 radical (unpaired) electrons. The van der Waals surface area contributed by atoms with Gasteiger partial charge in [0.2, 0.25) is 11.6 Å². The average Bonchev–Trinajstić information content (AvgIpc) is 3.37. The molecule has 0 aromatic heterocycles. The number of primary amides is 1. The van der Waals surface area contributed by atoms with E-state index < -0.39 is 29.3 Å². The third kappa shape index (κ3) is 2.65. The molecular formula is C21H21N5O5. The fraction of sp³-hybridized carbons (Fsp3) is 0.333. The van der Waals surface area contributed by atoms with Gasteiger partial charge in [-0.15, -0.1) is 0 Å². The van der Waals surface area contributed by atoms with Gasteiger partial charge in [-0.05, 0) is 12.1 Å². The highest BCUT2D eigenvalue weighted by Crippen LogP contribution is 2.55. The van der Waals surface area contributed by atoms with Crippen molar-refractivity contribution in [1.82, 2.24) is 10.2 Å². The maximum Gasteiger partial charge on any atom is 0.404 e. The van der Waals surface area contributed by atoms with Crippen LogP contribution in [0.25, 0.3) is 0 Å². The van der Waals surface area contributed by atoms with Crippen LogP contribution in [0.4, 0.5) is 10.5 Å². The lowest BCUT2D eigenvalue weighted by Gasteiger charge is -2.39. The third-order valence-corrected chi connectivity index (χ3v) is 6.36. The second-order valence-corrected chi connectivity index (χ2v) is 7.84. The minimum Gasteiger partial charge on any atom is -0.449 e. The molecule has 4 aliphatic rings. The van der Waals surface area contributed by atoms with Crippen LogP contribution in [0.2, 0.25) is 0 Å². The Hall–Kier alpha value is -3.50. The first-order chi connectivity index (χ1) is 14.9. The van der Waals surface area contributed by atoms with Gasteiger partial charge in [-0.1, -0.05) is 18.2 Å². The van der Waals surface area contributed by atoms with E-state index in [0.29, 0.717) is 12.2 Å². The molecule has 0 unspecified atom stereocenters. The fourth-order valence-electron chi connectivity index (χ4n) is 4.99. The first kappa shape index (κ1) is 19.5. The molecule has 3 aliphatic heterocycles. The smallest absolute Gasteiger partial charge is 0.404 e. The summed E-state index contributed by atoms with van der Waals surface area (Å²) in [4.78, 5) is 44.2. The largest absolute Gasteiger partial charge is 0.449 e. The summed E-state index contributed by atoms with van der Waals surface area (Å²) in [5.41, 5.74) is 11.1. The Bertz CT molecular complexity index is 1090. The van der Waals surface area contributed by atoms with Crippen molar-refractivity contribution in [1.29, 1.82) is 0 Å². The Morgan fingerprint density at radius 1 is 1.32 bits per heavy atom. The summed E-state index contributed by atoms with van der Waals surface area (Å²) >= 11 is 0. The summed E-state index contributed by atoms with van der Waals surface area (Å²) in [5, 5.41) is 3.30. The Labute approximate surface area is 177 Å². The monoisotopic (exact) mass is 423 g/mol. The zero-order valence-electron chi connectivity index (χ0n) is 16.7. The summed E-state index contributed by atoms with van der Waals surface area (Å²) in [7, 11) is 1.51. The zero-order valence-corrected chi connectivity index (χ0v) is 16.7. The van der Waals surface area contributed by atoms with Crippen molar-refractivity contribution in [3.8, 4) is 0 Å². The van der Waals surface area contributed by atoms with Crippen molar-refractivity contribution < 1.29 is 23.9 Å². The molecule has 0 spiro atoms. The van der Waals surface area contributed by atoms with Crippen LogP contribution in [0.1, 0.15) is 0 Å². The van der Waals surface area contributed by atoms with E-state index in [1.807, 2.05) is 18.2 Å². The number of aliphatic imine (C=N–C) groups is 1. The number of ketones is 2. The number of nitrogens with one attached hydrogen (secondary N) is 1. The summed E-state index contributed by atoms with van der Waals surface area (Å²) in [5.74, 6) is -1.62. The van der Waals surface area contributed by atoms with Crippen molar-refractivity contribution in [3.05, 3.63) is 52.9 Å². The van der Waals surface area contributed by atoms with Crippen LogP contribution in [-0.2, 0) is 19.1 Å². The first-order valence-electron chi connectivity index (χ1n) is 9.83. The molecule has 4 atom stereocenters. The van der Waals surface area contributed by atoms with E-state index in [2.05, 4.69) is 10.3 Å². The van der Waals surface area contributed by atoms with E-state index in [9.17, 15) is 14.4 Å². The maximum atomic E-state index is 13.5. The van der Waals surface area contributed by atoms with Gasteiger partial charge in [0.25, 0.3) is 0 Å². The Kier molecular flexibility index (Phi) is 4.24. The van der Waals surface area contributed by atoms with Crippen molar-refractivity contribution in [2.75, 3.05) is 20.3 Å². The van der Waals surface area contributed by atoms with Gasteiger partial charge in [-0.25, -0.2) is 4.79 Å². The fourth-order valence-corrected chi connectivity index (χ4v) is 4.99. The molecule has 0 bridgehead atoms. The van der Waals surface area contributed by atoms with Gasteiger partial charge in [0.15, 0.2) is 5.72 Å². The Balaban J connectivity index is 1.56. The van der Waals surface area contributed by atoms with Gasteiger partial charge < -0.3 is 31.2 Å². The lowest BCUT2D eigenvalue weighted by atomic mass is 9.82. The van der Waals surface area contributed by atoms with Gasteiger partial charge in [0.1, 0.15) is 6.61 Å². The number of para-hydroxylation sites is 1. The molecule has 31 heavy (non-hydrogen) atoms. The number of rotatable bonds is 5. The molecule has 10 heteroatoms. The number of nitrogens with zero attached hydrogens (tertiary/aromatic N) is 2. The SMILES string of the molecule is CO[C@@]12[C@H](COC(N)=O)C3=C(C(=O)C(C=Nc4ccccc4)=C(N)C3=O)N1C[C@@H]1N[C@@H]12. The van der Waals surface area contributed by atoms with E-state index in [1.54, 1.807) is 17.0 Å². The predicted octanol–water partition coefficient (Wildman–Crippen LogP) is -0.269. The number of carbonyl (C=O) groups excluding carboxylic acids is 3. The van der Waals surface area contributed by atoms with Crippen molar-refractivity contribution in [2.24, 2.45) is 22.4 Å². The normalized spacial score (nSPS) is 31.3. The number of fused-ring (bicyclic) bond motifs is 4. The van der Waals surface area contributed by atoms with Gasteiger partial charge in [0, 0.05) is 31.5 Å². The van der Waals surface area contributed by atoms with Crippen molar-refractivity contribution in [2.45, 2.75) is 17.8 Å². The molecule has 0 saturated carbocycles. The van der Waals surface area contributed by atoms with Crippen LogP contribution < -0.4 is 16.8 Å². The summed E-state index contributed by atoms with van der Waals surface area (Å²) in [6, 6.07) is 9.02. The number of methoxy groups -OCH3 is 1. The van der Waals surface area contributed by atoms with Crippen molar-refractivity contribution in [3.63, 3.8) is 0 Å².